The molecule has 208 valence electrons. The number of urea groups is 1. The van der Waals surface area contributed by atoms with Crippen LogP contribution >= 0.6 is 0 Å². The number of hydrogen-bond donors (Lipinski definition) is 2. The molecule has 1 atom stereocenters. The maximum atomic E-state index is 12.9. The van der Waals surface area contributed by atoms with Crippen LogP contribution < -0.4 is 10.6 Å². The molecule has 1 unspecified atom stereocenters. The number of benzene rings is 1. The Balaban J connectivity index is 1.43. The summed E-state index contributed by atoms with van der Waals surface area (Å²) in [5.74, 6) is -1.10. The Kier molecular flexibility index (Phi) is 9.20. The first kappa shape index (κ1) is 28.1. The third-order valence-corrected chi connectivity index (χ3v) is 8.24. The molecule has 1 aromatic carbocycles. The molecule has 2 aromatic rings. The molecule has 0 spiro atoms. The predicted octanol–water partition coefficient (Wildman–Crippen LogP) is 3.27. The highest BCUT2D eigenvalue weighted by Crippen LogP contribution is 2.28. The van der Waals surface area contributed by atoms with Crippen LogP contribution in [0.1, 0.15) is 50.0 Å². The van der Waals surface area contributed by atoms with Gasteiger partial charge in [0.2, 0.25) is 10.0 Å². The zero-order chi connectivity index (χ0) is 27.8. The third-order valence-electron chi connectivity index (χ3n) is 6.33. The summed E-state index contributed by atoms with van der Waals surface area (Å²) in [6.07, 6.45) is 7.83. The number of ether oxygens (including phenoxy) is 2. The van der Waals surface area contributed by atoms with Crippen LogP contribution in [0.3, 0.4) is 0 Å². The number of esters is 2. The van der Waals surface area contributed by atoms with Gasteiger partial charge in [-0.1, -0.05) is 25.0 Å². The largest absolute Gasteiger partial charge is 0.467 e. The zero-order valence-electron chi connectivity index (χ0n) is 21.6. The fourth-order valence-electron chi connectivity index (χ4n) is 4.39. The Morgan fingerprint density at radius 2 is 1.79 bits per heavy atom. The number of hydrogen-bond acceptors (Lipinski definition) is 8. The standard InChI is InChI=1S/C27H31N3O8S/c1-2-36-26(32)24-21(28-27(33)29-25(24)22-8-7-17-37-22)18-38-23(31)14-11-19-9-12-20(13-10-19)39(34,35)30-15-5-3-4-6-16-30/h7-14,17,25H,2-6,15-16,18H2,1H3,(H2,28,29,33). The topological polar surface area (TPSA) is 144 Å². The molecule has 2 aliphatic rings. The van der Waals surface area contributed by atoms with Gasteiger partial charge in [0, 0.05) is 19.2 Å². The average molecular weight is 558 g/mol. The lowest BCUT2D eigenvalue weighted by molar-refractivity contribution is -0.140. The van der Waals surface area contributed by atoms with E-state index in [0.29, 0.717) is 24.4 Å². The summed E-state index contributed by atoms with van der Waals surface area (Å²) in [7, 11) is -3.57. The van der Waals surface area contributed by atoms with Crippen molar-refractivity contribution in [1.29, 1.82) is 0 Å². The second-order valence-corrected chi connectivity index (χ2v) is 10.9. The second-order valence-electron chi connectivity index (χ2n) is 8.99. The predicted molar refractivity (Wildman–Crippen MR) is 140 cm³/mol. The van der Waals surface area contributed by atoms with Crippen LogP contribution in [0.4, 0.5) is 4.79 Å². The van der Waals surface area contributed by atoms with Gasteiger partial charge in [-0.3, -0.25) is 0 Å². The summed E-state index contributed by atoms with van der Waals surface area (Å²) in [6.45, 7) is 2.40. The van der Waals surface area contributed by atoms with Crippen molar-refractivity contribution in [2.75, 3.05) is 26.3 Å². The first-order valence-corrected chi connectivity index (χ1v) is 14.2. The van der Waals surface area contributed by atoms with Crippen LogP contribution in [-0.2, 0) is 29.1 Å². The van der Waals surface area contributed by atoms with E-state index in [0.717, 1.165) is 25.7 Å². The number of nitrogens with zero attached hydrogens (tertiary/aromatic N) is 1. The molecule has 11 nitrogen and oxygen atoms in total. The molecular weight excluding hydrogens is 526 g/mol. The second kappa shape index (κ2) is 12.8. The van der Waals surface area contributed by atoms with Gasteiger partial charge >= 0.3 is 18.0 Å². The van der Waals surface area contributed by atoms with Gasteiger partial charge in [0.1, 0.15) is 18.4 Å². The van der Waals surface area contributed by atoms with E-state index in [-0.39, 0.29) is 22.8 Å². The number of carbonyl (C=O) groups is 3. The molecule has 2 amide bonds. The van der Waals surface area contributed by atoms with Gasteiger partial charge in [0.25, 0.3) is 0 Å². The van der Waals surface area contributed by atoms with E-state index in [4.69, 9.17) is 13.9 Å². The van der Waals surface area contributed by atoms with Crippen molar-refractivity contribution in [2.24, 2.45) is 0 Å². The van der Waals surface area contributed by atoms with Gasteiger partial charge in [0.05, 0.1) is 29.0 Å². The minimum atomic E-state index is -3.57. The summed E-state index contributed by atoms with van der Waals surface area (Å²) in [5, 5.41) is 5.11. The van der Waals surface area contributed by atoms with Crippen molar-refractivity contribution in [3.05, 3.63) is 71.3 Å². The molecule has 2 aliphatic heterocycles. The molecule has 3 heterocycles. The van der Waals surface area contributed by atoms with Gasteiger partial charge in [0.15, 0.2) is 0 Å². The van der Waals surface area contributed by atoms with Crippen molar-refractivity contribution in [2.45, 2.75) is 43.5 Å². The highest BCUT2D eigenvalue weighted by atomic mass is 32.2. The highest BCUT2D eigenvalue weighted by molar-refractivity contribution is 7.89. The molecule has 2 N–H and O–H groups in total. The third kappa shape index (κ3) is 6.95. The quantitative estimate of drug-likeness (QED) is 0.353. The summed E-state index contributed by atoms with van der Waals surface area (Å²) in [6, 6.07) is 7.96. The highest BCUT2D eigenvalue weighted by Gasteiger charge is 2.35. The van der Waals surface area contributed by atoms with Crippen molar-refractivity contribution in [1.82, 2.24) is 14.9 Å². The molecule has 0 radical (unpaired) electrons. The number of rotatable bonds is 9. The average Bonchev–Trinajstić information content (AvgIpc) is 3.32. The first-order valence-electron chi connectivity index (χ1n) is 12.8. The lowest BCUT2D eigenvalue weighted by atomic mass is 10.0. The minimum Gasteiger partial charge on any atom is -0.467 e. The number of amides is 2. The normalized spacial score (nSPS) is 18.8. The van der Waals surface area contributed by atoms with Gasteiger partial charge < -0.3 is 24.5 Å². The molecule has 0 saturated carbocycles. The van der Waals surface area contributed by atoms with Crippen LogP contribution in [0.25, 0.3) is 6.08 Å². The summed E-state index contributed by atoms with van der Waals surface area (Å²) in [4.78, 5) is 37.5. The molecule has 39 heavy (non-hydrogen) atoms. The fourth-order valence-corrected chi connectivity index (χ4v) is 5.91. The SMILES string of the molecule is CCOC(=O)C1=C(COC(=O)C=Cc2ccc(S(=O)(=O)N3CCCCCC3)cc2)NC(=O)NC1c1ccco1. The van der Waals surface area contributed by atoms with Crippen LogP contribution in [0.15, 0.2) is 69.3 Å². The Labute approximate surface area is 226 Å². The summed E-state index contributed by atoms with van der Waals surface area (Å²) >= 11 is 0. The van der Waals surface area contributed by atoms with Gasteiger partial charge in [-0.15, -0.1) is 0 Å². The molecule has 1 aromatic heterocycles. The fraction of sp³-hybridized carbons (Fsp3) is 0.370. The number of sulfonamides is 1. The Morgan fingerprint density at radius 1 is 1.08 bits per heavy atom. The lowest BCUT2D eigenvalue weighted by Crippen LogP contribution is -2.47. The summed E-state index contributed by atoms with van der Waals surface area (Å²) < 4.78 is 43.2. The van der Waals surface area contributed by atoms with Crippen molar-refractivity contribution < 1.29 is 36.7 Å². The minimum absolute atomic E-state index is 0.0596. The lowest BCUT2D eigenvalue weighted by Gasteiger charge is -2.27. The van der Waals surface area contributed by atoms with Gasteiger partial charge in [-0.2, -0.15) is 4.31 Å². The molecule has 12 heteroatoms. The van der Waals surface area contributed by atoms with Crippen LogP contribution in [0.5, 0.6) is 0 Å². The van der Waals surface area contributed by atoms with E-state index in [1.807, 2.05) is 0 Å². The maximum absolute atomic E-state index is 12.9. The number of furan rings is 1. The van der Waals surface area contributed by atoms with E-state index in [2.05, 4.69) is 10.6 Å². The smallest absolute Gasteiger partial charge is 0.338 e. The number of carbonyl (C=O) groups excluding carboxylic acids is 3. The Bertz CT molecular complexity index is 1340. The molecule has 1 saturated heterocycles. The van der Waals surface area contributed by atoms with E-state index < -0.39 is 40.6 Å². The molecule has 0 bridgehead atoms. The molecule has 1 fully saturated rings. The van der Waals surface area contributed by atoms with Crippen molar-refractivity contribution >= 4 is 34.1 Å². The monoisotopic (exact) mass is 557 g/mol. The number of nitrogens with one attached hydrogen (secondary N) is 2. The summed E-state index contributed by atoms with van der Waals surface area (Å²) in [5.41, 5.74) is 0.731. The van der Waals surface area contributed by atoms with Gasteiger partial charge in [-0.25, -0.2) is 22.8 Å². The maximum Gasteiger partial charge on any atom is 0.338 e. The molecular formula is C27H31N3O8S. The van der Waals surface area contributed by atoms with E-state index in [1.165, 1.54) is 34.9 Å². The molecule has 4 rings (SSSR count). The Hall–Kier alpha value is -3.90. The zero-order valence-corrected chi connectivity index (χ0v) is 22.4. The van der Waals surface area contributed by atoms with Crippen molar-refractivity contribution in [3.8, 4) is 0 Å². The van der Waals surface area contributed by atoms with Gasteiger partial charge in [-0.05, 0) is 55.7 Å². The van der Waals surface area contributed by atoms with E-state index in [9.17, 15) is 22.8 Å². The van der Waals surface area contributed by atoms with Crippen LogP contribution in [-0.4, -0.2) is 57.0 Å². The van der Waals surface area contributed by atoms with E-state index >= 15 is 0 Å². The van der Waals surface area contributed by atoms with E-state index in [1.54, 1.807) is 31.2 Å². The molecule has 0 aliphatic carbocycles. The Morgan fingerprint density at radius 3 is 2.44 bits per heavy atom. The van der Waals surface area contributed by atoms with Crippen molar-refractivity contribution in [3.63, 3.8) is 0 Å². The first-order chi connectivity index (χ1) is 18.8. The van der Waals surface area contributed by atoms with Crippen LogP contribution in [0.2, 0.25) is 0 Å². The van der Waals surface area contributed by atoms with Crippen LogP contribution in [0, 0.1) is 0 Å².